The van der Waals surface area contributed by atoms with E-state index in [1.165, 1.54) is 0 Å². The van der Waals surface area contributed by atoms with E-state index >= 15 is 0 Å². The minimum Gasteiger partial charge on any atom is -0.334 e. The molecule has 0 bridgehead atoms. The van der Waals surface area contributed by atoms with Crippen LogP contribution in [0.3, 0.4) is 0 Å². The molecule has 17 heavy (non-hydrogen) atoms. The highest BCUT2D eigenvalue weighted by atomic mass is 33.1. The third-order valence-electron chi connectivity index (χ3n) is 2.55. The summed E-state index contributed by atoms with van der Waals surface area (Å²) in [7, 11) is 3.62. The van der Waals surface area contributed by atoms with Crippen molar-refractivity contribution in [2.24, 2.45) is 0 Å². The van der Waals surface area contributed by atoms with Crippen LogP contribution in [-0.4, -0.2) is 23.1 Å². The predicted molar refractivity (Wildman–Crippen MR) is 75.1 cm³/mol. The third-order valence-corrected chi connectivity index (χ3v) is 5.43. The number of amides is 2. The van der Waals surface area contributed by atoms with Crippen molar-refractivity contribution >= 4 is 27.6 Å². The number of hydrogen-bond acceptors (Lipinski definition) is 3. The smallest absolute Gasteiger partial charge is 0.315 e. The van der Waals surface area contributed by atoms with Gasteiger partial charge < -0.3 is 10.6 Å². The molecule has 0 saturated carbocycles. The third kappa shape index (κ3) is 3.85. The number of hydrogen-bond donors (Lipinski definition) is 2. The van der Waals surface area contributed by atoms with Gasteiger partial charge in [-0.05, 0) is 12.5 Å². The Balaban J connectivity index is 1.78. The SMILES string of the molecule is CC1(NC(=O)NCc2ccccc2)CSSC1. The zero-order valence-corrected chi connectivity index (χ0v) is 11.4. The van der Waals surface area contributed by atoms with Gasteiger partial charge in [-0.2, -0.15) is 0 Å². The van der Waals surface area contributed by atoms with E-state index in [4.69, 9.17) is 0 Å². The molecule has 3 nitrogen and oxygen atoms in total. The second kappa shape index (κ2) is 5.69. The first-order chi connectivity index (χ1) is 8.18. The summed E-state index contributed by atoms with van der Waals surface area (Å²) in [5, 5.41) is 5.92. The molecular weight excluding hydrogens is 252 g/mol. The number of urea groups is 1. The van der Waals surface area contributed by atoms with Gasteiger partial charge in [-0.1, -0.05) is 51.9 Å². The Morgan fingerprint density at radius 3 is 2.59 bits per heavy atom. The maximum absolute atomic E-state index is 11.7. The number of benzene rings is 1. The topological polar surface area (TPSA) is 41.1 Å². The Morgan fingerprint density at radius 2 is 1.94 bits per heavy atom. The van der Waals surface area contributed by atoms with E-state index < -0.39 is 0 Å². The quantitative estimate of drug-likeness (QED) is 0.828. The predicted octanol–water partition coefficient (Wildman–Crippen LogP) is 2.64. The van der Waals surface area contributed by atoms with Crippen molar-refractivity contribution in [2.45, 2.75) is 19.0 Å². The Kier molecular flexibility index (Phi) is 4.23. The van der Waals surface area contributed by atoms with Gasteiger partial charge in [-0.15, -0.1) is 0 Å². The fourth-order valence-corrected chi connectivity index (χ4v) is 4.78. The maximum Gasteiger partial charge on any atom is 0.315 e. The number of carbonyl (C=O) groups excluding carboxylic acids is 1. The van der Waals surface area contributed by atoms with Crippen LogP contribution in [0.5, 0.6) is 0 Å². The molecule has 1 aliphatic rings. The normalized spacial score (nSPS) is 17.7. The summed E-state index contributed by atoms with van der Waals surface area (Å²) in [6.45, 7) is 2.66. The van der Waals surface area contributed by atoms with Crippen LogP contribution in [-0.2, 0) is 6.54 Å². The van der Waals surface area contributed by atoms with E-state index in [0.29, 0.717) is 6.54 Å². The van der Waals surface area contributed by atoms with Gasteiger partial charge in [-0.25, -0.2) is 4.79 Å². The van der Waals surface area contributed by atoms with E-state index in [-0.39, 0.29) is 11.6 Å². The fourth-order valence-electron chi connectivity index (χ4n) is 1.55. The lowest BCUT2D eigenvalue weighted by molar-refractivity contribution is 0.232. The van der Waals surface area contributed by atoms with E-state index in [9.17, 15) is 4.79 Å². The highest BCUT2D eigenvalue weighted by molar-refractivity contribution is 8.77. The van der Waals surface area contributed by atoms with Gasteiger partial charge in [0.1, 0.15) is 0 Å². The number of nitrogens with one attached hydrogen (secondary N) is 2. The first-order valence-electron chi connectivity index (χ1n) is 5.52. The Morgan fingerprint density at radius 1 is 1.29 bits per heavy atom. The molecular formula is C12H16N2OS2. The Labute approximate surface area is 110 Å². The number of rotatable bonds is 3. The Bertz CT molecular complexity index is 377. The highest BCUT2D eigenvalue weighted by Crippen LogP contribution is 2.36. The molecule has 1 heterocycles. The minimum absolute atomic E-state index is 0.0733. The van der Waals surface area contributed by atoms with Crippen molar-refractivity contribution in [3.05, 3.63) is 35.9 Å². The van der Waals surface area contributed by atoms with E-state index in [0.717, 1.165) is 17.1 Å². The molecule has 1 aliphatic heterocycles. The van der Waals surface area contributed by atoms with E-state index in [2.05, 4.69) is 17.6 Å². The van der Waals surface area contributed by atoms with Gasteiger partial charge in [0.25, 0.3) is 0 Å². The average molecular weight is 268 g/mol. The fraction of sp³-hybridized carbons (Fsp3) is 0.417. The lowest BCUT2D eigenvalue weighted by Crippen LogP contribution is -2.51. The van der Waals surface area contributed by atoms with Crippen LogP contribution in [0.15, 0.2) is 30.3 Å². The maximum atomic E-state index is 11.7. The molecule has 2 N–H and O–H groups in total. The summed E-state index contributed by atoms with van der Waals surface area (Å²) in [4.78, 5) is 11.7. The number of carbonyl (C=O) groups is 1. The van der Waals surface area contributed by atoms with Gasteiger partial charge in [0.2, 0.25) is 0 Å². The van der Waals surface area contributed by atoms with Crippen molar-refractivity contribution in [1.82, 2.24) is 10.6 Å². The summed E-state index contributed by atoms with van der Waals surface area (Å²) < 4.78 is 0. The second-order valence-electron chi connectivity index (χ2n) is 4.38. The van der Waals surface area contributed by atoms with Crippen molar-refractivity contribution < 1.29 is 4.79 Å². The molecule has 2 amide bonds. The van der Waals surface area contributed by atoms with Crippen LogP contribution >= 0.6 is 21.6 Å². The summed E-state index contributed by atoms with van der Waals surface area (Å²) in [5.74, 6) is 1.94. The summed E-state index contributed by atoms with van der Waals surface area (Å²) in [5.41, 5.74) is 1.04. The minimum atomic E-state index is -0.0838. The molecule has 0 unspecified atom stereocenters. The summed E-state index contributed by atoms with van der Waals surface area (Å²) >= 11 is 0. The van der Waals surface area contributed by atoms with Gasteiger partial charge >= 0.3 is 6.03 Å². The zero-order chi connectivity index (χ0) is 12.1. The van der Waals surface area contributed by atoms with Gasteiger partial charge in [0.05, 0.1) is 5.54 Å². The van der Waals surface area contributed by atoms with Crippen molar-refractivity contribution in [3.8, 4) is 0 Å². The second-order valence-corrected chi connectivity index (χ2v) is 6.84. The molecule has 0 radical (unpaired) electrons. The monoisotopic (exact) mass is 268 g/mol. The average Bonchev–Trinajstić information content (AvgIpc) is 2.74. The van der Waals surface area contributed by atoms with Crippen molar-refractivity contribution in [1.29, 1.82) is 0 Å². The molecule has 0 atom stereocenters. The summed E-state index contributed by atoms with van der Waals surface area (Å²) in [6, 6.07) is 9.84. The van der Waals surface area contributed by atoms with E-state index in [1.807, 2.05) is 51.9 Å². The molecule has 0 aromatic heterocycles. The first-order valence-corrected chi connectivity index (χ1v) is 8.01. The molecule has 2 rings (SSSR count). The lowest BCUT2D eigenvalue weighted by Gasteiger charge is -2.23. The summed E-state index contributed by atoms with van der Waals surface area (Å²) in [6.07, 6.45) is 0. The standard InChI is InChI=1S/C12H16N2OS2/c1-12(8-16-17-9-12)14-11(15)13-7-10-5-3-2-4-6-10/h2-6H,7-9H2,1H3,(H2,13,14,15). The first kappa shape index (κ1) is 12.6. The highest BCUT2D eigenvalue weighted by Gasteiger charge is 2.31. The molecule has 92 valence electrons. The molecule has 1 fully saturated rings. The van der Waals surface area contributed by atoms with Gasteiger partial charge in [0, 0.05) is 18.1 Å². The van der Waals surface area contributed by atoms with Crippen LogP contribution in [0.2, 0.25) is 0 Å². The molecule has 1 aromatic rings. The van der Waals surface area contributed by atoms with Crippen LogP contribution in [0.1, 0.15) is 12.5 Å². The molecule has 0 spiro atoms. The van der Waals surface area contributed by atoms with Crippen molar-refractivity contribution in [3.63, 3.8) is 0 Å². The molecule has 1 aromatic carbocycles. The lowest BCUT2D eigenvalue weighted by atomic mass is 10.1. The largest absolute Gasteiger partial charge is 0.334 e. The van der Waals surface area contributed by atoms with Crippen molar-refractivity contribution in [2.75, 3.05) is 11.5 Å². The van der Waals surface area contributed by atoms with Crippen LogP contribution in [0, 0.1) is 0 Å². The molecule has 0 aliphatic carbocycles. The van der Waals surface area contributed by atoms with Crippen LogP contribution in [0.4, 0.5) is 4.79 Å². The van der Waals surface area contributed by atoms with Crippen LogP contribution < -0.4 is 10.6 Å². The van der Waals surface area contributed by atoms with Gasteiger partial charge in [-0.3, -0.25) is 0 Å². The zero-order valence-electron chi connectivity index (χ0n) is 9.73. The van der Waals surface area contributed by atoms with Crippen LogP contribution in [0.25, 0.3) is 0 Å². The molecule has 5 heteroatoms. The molecule has 1 saturated heterocycles. The van der Waals surface area contributed by atoms with Gasteiger partial charge in [0.15, 0.2) is 0 Å². The van der Waals surface area contributed by atoms with E-state index in [1.54, 1.807) is 0 Å². The Hall–Kier alpha value is -0.810.